The topological polar surface area (TPSA) is 0 Å². The lowest BCUT2D eigenvalue weighted by Crippen LogP contribution is -2.15. The lowest BCUT2D eigenvalue weighted by Gasteiger charge is -2.30. The number of hydrogen-bond acceptors (Lipinski definition) is 0. The van der Waals surface area contributed by atoms with Gasteiger partial charge in [0.15, 0.2) is 11.6 Å². The van der Waals surface area contributed by atoms with E-state index in [1.54, 1.807) is 0 Å². The van der Waals surface area contributed by atoms with Crippen LogP contribution in [0.15, 0.2) is 29.8 Å². The van der Waals surface area contributed by atoms with Gasteiger partial charge in [0, 0.05) is 0 Å². The van der Waals surface area contributed by atoms with Crippen LogP contribution in [0.1, 0.15) is 96.0 Å². The van der Waals surface area contributed by atoms with Gasteiger partial charge in [0.2, 0.25) is 0 Å². The third kappa shape index (κ3) is 6.24. The zero-order chi connectivity index (χ0) is 18.1. The van der Waals surface area contributed by atoms with Gasteiger partial charge in [-0.3, -0.25) is 0 Å². The highest BCUT2D eigenvalue weighted by molar-refractivity contribution is 5.25. The Hall–Kier alpha value is -1.18. The molecule has 0 aromatic heterocycles. The van der Waals surface area contributed by atoms with Gasteiger partial charge in [-0.1, -0.05) is 63.7 Å². The van der Waals surface area contributed by atoms with Crippen LogP contribution < -0.4 is 0 Å². The van der Waals surface area contributed by atoms with Crippen molar-refractivity contribution >= 4 is 0 Å². The van der Waals surface area contributed by atoms with Crippen molar-refractivity contribution in [3.8, 4) is 0 Å². The Kier molecular flexibility index (Phi) is 8.64. The van der Waals surface area contributed by atoms with E-state index in [-0.39, 0.29) is 0 Å². The number of unbranched alkanes of at least 4 members (excludes halogenated alkanes) is 2. The van der Waals surface area contributed by atoms with Crippen LogP contribution in [0, 0.1) is 17.6 Å². The molecule has 0 bridgehead atoms. The molecule has 1 aliphatic rings. The Morgan fingerprint density at radius 2 is 1.80 bits per heavy atom. The Labute approximate surface area is 152 Å². The standard InChI is InChI=1S/C23H34F2/c1-3-5-7-13-19(10-4-2)21(16-18-11-8-6-9-12-18)20-14-15-22(24)23(25)17-20/h11,14-15,17,19,21H,3-10,12-13,16H2,1-2H3. The van der Waals surface area contributed by atoms with Crippen molar-refractivity contribution in [3.05, 3.63) is 47.0 Å². The van der Waals surface area contributed by atoms with E-state index in [4.69, 9.17) is 0 Å². The lowest BCUT2D eigenvalue weighted by atomic mass is 9.75. The molecule has 0 N–H and O–H groups in total. The summed E-state index contributed by atoms with van der Waals surface area (Å²) in [6.45, 7) is 4.46. The summed E-state index contributed by atoms with van der Waals surface area (Å²) < 4.78 is 27.3. The van der Waals surface area contributed by atoms with E-state index in [9.17, 15) is 8.78 Å². The summed E-state index contributed by atoms with van der Waals surface area (Å²) in [6, 6.07) is 4.57. The fourth-order valence-corrected chi connectivity index (χ4v) is 4.25. The SMILES string of the molecule is CCCCCC(CCC)C(CC1=CCCCC1)c1ccc(F)c(F)c1. The maximum atomic E-state index is 13.9. The normalized spacial score (nSPS) is 17.2. The monoisotopic (exact) mass is 348 g/mol. The zero-order valence-electron chi connectivity index (χ0n) is 16.0. The van der Waals surface area contributed by atoms with Crippen LogP contribution in [-0.4, -0.2) is 0 Å². The molecule has 1 aromatic carbocycles. The predicted molar refractivity (Wildman–Crippen MR) is 103 cm³/mol. The van der Waals surface area contributed by atoms with Gasteiger partial charge in [0.25, 0.3) is 0 Å². The molecule has 0 nitrogen and oxygen atoms in total. The molecule has 1 aliphatic carbocycles. The first-order valence-electron chi connectivity index (χ1n) is 10.3. The summed E-state index contributed by atoms with van der Waals surface area (Å²) in [4.78, 5) is 0. The number of halogens is 2. The molecule has 0 radical (unpaired) electrons. The van der Waals surface area contributed by atoms with Crippen LogP contribution in [0.2, 0.25) is 0 Å². The van der Waals surface area contributed by atoms with Gasteiger partial charge in [-0.15, -0.1) is 0 Å². The molecule has 0 aliphatic heterocycles. The third-order valence-electron chi connectivity index (χ3n) is 5.65. The maximum Gasteiger partial charge on any atom is 0.159 e. The molecule has 0 saturated heterocycles. The molecular formula is C23H34F2. The van der Waals surface area contributed by atoms with Gasteiger partial charge in [0.1, 0.15) is 0 Å². The highest BCUT2D eigenvalue weighted by atomic mass is 19.2. The molecule has 0 heterocycles. The first kappa shape index (κ1) is 20.1. The van der Waals surface area contributed by atoms with Crippen molar-refractivity contribution in [2.45, 2.75) is 90.4 Å². The van der Waals surface area contributed by atoms with Crippen molar-refractivity contribution in [2.24, 2.45) is 5.92 Å². The second-order valence-corrected chi connectivity index (χ2v) is 7.64. The van der Waals surface area contributed by atoms with Gasteiger partial charge in [-0.2, -0.15) is 0 Å². The first-order valence-corrected chi connectivity index (χ1v) is 10.3. The quantitative estimate of drug-likeness (QED) is 0.297. The van der Waals surface area contributed by atoms with Crippen LogP contribution in [0.3, 0.4) is 0 Å². The molecule has 2 atom stereocenters. The van der Waals surface area contributed by atoms with Crippen LogP contribution in [0.4, 0.5) is 8.78 Å². The molecule has 2 rings (SSSR count). The fourth-order valence-electron chi connectivity index (χ4n) is 4.25. The average Bonchev–Trinajstić information content (AvgIpc) is 2.63. The van der Waals surface area contributed by atoms with Crippen LogP contribution in [0.25, 0.3) is 0 Å². The summed E-state index contributed by atoms with van der Waals surface area (Å²) in [5, 5.41) is 0. The van der Waals surface area contributed by atoms with E-state index in [0.717, 1.165) is 18.4 Å². The first-order chi connectivity index (χ1) is 12.2. The Bertz CT molecular complexity index is 547. The van der Waals surface area contributed by atoms with Crippen molar-refractivity contribution in [1.82, 2.24) is 0 Å². The predicted octanol–water partition coefficient (Wildman–Crippen LogP) is 7.94. The van der Waals surface area contributed by atoms with Crippen LogP contribution >= 0.6 is 0 Å². The van der Waals surface area contributed by atoms with E-state index in [1.165, 1.54) is 75.5 Å². The second kappa shape index (κ2) is 10.7. The summed E-state index contributed by atoms with van der Waals surface area (Å²) in [5.41, 5.74) is 2.51. The minimum absolute atomic E-state index is 0.316. The zero-order valence-corrected chi connectivity index (χ0v) is 16.0. The minimum Gasteiger partial charge on any atom is -0.204 e. The van der Waals surface area contributed by atoms with E-state index < -0.39 is 11.6 Å². The smallest absolute Gasteiger partial charge is 0.159 e. The molecule has 140 valence electrons. The van der Waals surface area contributed by atoms with E-state index in [1.807, 2.05) is 6.07 Å². The molecule has 0 spiro atoms. The van der Waals surface area contributed by atoms with Gasteiger partial charge in [-0.05, 0) is 68.1 Å². The number of allylic oxidation sites excluding steroid dienone is 2. The van der Waals surface area contributed by atoms with Crippen molar-refractivity contribution in [3.63, 3.8) is 0 Å². The van der Waals surface area contributed by atoms with Gasteiger partial charge in [0.05, 0.1) is 0 Å². The molecule has 25 heavy (non-hydrogen) atoms. The van der Waals surface area contributed by atoms with E-state index >= 15 is 0 Å². The van der Waals surface area contributed by atoms with Gasteiger partial charge < -0.3 is 0 Å². The van der Waals surface area contributed by atoms with Gasteiger partial charge in [-0.25, -0.2) is 8.78 Å². The number of rotatable bonds is 10. The molecular weight excluding hydrogens is 314 g/mol. The maximum absolute atomic E-state index is 13.9. The molecule has 1 aromatic rings. The highest BCUT2D eigenvalue weighted by Crippen LogP contribution is 2.39. The van der Waals surface area contributed by atoms with Gasteiger partial charge >= 0.3 is 0 Å². The summed E-state index contributed by atoms with van der Waals surface area (Å²) in [6.07, 6.45) is 15.5. The lowest BCUT2D eigenvalue weighted by molar-refractivity contribution is 0.345. The second-order valence-electron chi connectivity index (χ2n) is 7.64. The summed E-state index contributed by atoms with van der Waals surface area (Å²) in [5.74, 6) is -0.568. The van der Waals surface area contributed by atoms with Crippen molar-refractivity contribution < 1.29 is 8.78 Å². The minimum atomic E-state index is -0.739. The summed E-state index contributed by atoms with van der Waals surface area (Å²) in [7, 11) is 0. The van der Waals surface area contributed by atoms with Crippen LogP contribution in [-0.2, 0) is 0 Å². The average molecular weight is 349 g/mol. The Morgan fingerprint density at radius 3 is 2.44 bits per heavy atom. The molecule has 0 amide bonds. The number of hydrogen-bond donors (Lipinski definition) is 0. The third-order valence-corrected chi connectivity index (χ3v) is 5.65. The Balaban J connectivity index is 2.24. The van der Waals surface area contributed by atoms with E-state index in [0.29, 0.717) is 11.8 Å². The molecule has 0 saturated carbocycles. The molecule has 2 unspecified atom stereocenters. The Morgan fingerprint density at radius 1 is 0.960 bits per heavy atom. The van der Waals surface area contributed by atoms with E-state index in [2.05, 4.69) is 19.9 Å². The van der Waals surface area contributed by atoms with Crippen molar-refractivity contribution in [2.75, 3.05) is 0 Å². The number of benzene rings is 1. The highest BCUT2D eigenvalue weighted by Gasteiger charge is 2.25. The fraction of sp³-hybridized carbons (Fsp3) is 0.652. The largest absolute Gasteiger partial charge is 0.204 e. The summed E-state index contributed by atoms with van der Waals surface area (Å²) >= 11 is 0. The molecule has 0 fully saturated rings. The molecule has 2 heteroatoms. The van der Waals surface area contributed by atoms with Crippen molar-refractivity contribution in [1.29, 1.82) is 0 Å². The van der Waals surface area contributed by atoms with Crippen LogP contribution in [0.5, 0.6) is 0 Å².